The first-order valence-corrected chi connectivity index (χ1v) is 13.6. The van der Waals surface area contributed by atoms with Crippen molar-refractivity contribution in [3.05, 3.63) is 53.3 Å². The van der Waals surface area contributed by atoms with E-state index in [1.54, 1.807) is 13.2 Å². The van der Waals surface area contributed by atoms with Gasteiger partial charge in [0.05, 0.1) is 17.2 Å². The number of aromatic nitrogens is 3. The van der Waals surface area contributed by atoms with Crippen molar-refractivity contribution < 1.29 is 23.1 Å². The number of pyridine rings is 1. The van der Waals surface area contributed by atoms with Gasteiger partial charge in [-0.2, -0.15) is 4.99 Å². The number of rotatable bonds is 7. The molecule has 0 unspecified atom stereocenters. The lowest BCUT2D eigenvalue weighted by Gasteiger charge is -2.28. The zero-order chi connectivity index (χ0) is 27.4. The van der Waals surface area contributed by atoms with Gasteiger partial charge in [0, 0.05) is 43.2 Å². The SMILES string of the molecule is CNC(=O)[C@H]1CC[C@H](n2/c(=N/C(=O)c3cc(F)cc(F)c3)[nH]c3cnc(OCCN4CCCCC4)cc32)CC1. The monoisotopic (exact) mass is 540 g/mol. The Morgan fingerprint density at radius 3 is 2.49 bits per heavy atom. The first kappa shape index (κ1) is 27.0. The Morgan fingerprint density at radius 2 is 1.79 bits per heavy atom. The lowest BCUT2D eigenvalue weighted by atomic mass is 9.85. The van der Waals surface area contributed by atoms with Gasteiger partial charge >= 0.3 is 0 Å². The summed E-state index contributed by atoms with van der Waals surface area (Å²) in [5.74, 6) is -2.03. The Hall–Kier alpha value is -3.60. The quantitative estimate of drug-likeness (QED) is 0.475. The Kier molecular flexibility index (Phi) is 8.35. The zero-order valence-corrected chi connectivity index (χ0v) is 22.1. The molecule has 3 heterocycles. The lowest BCUT2D eigenvalue weighted by molar-refractivity contribution is -0.125. The first-order valence-electron chi connectivity index (χ1n) is 13.6. The van der Waals surface area contributed by atoms with Crippen LogP contribution in [0.25, 0.3) is 11.0 Å². The van der Waals surface area contributed by atoms with Crippen LogP contribution in [0.2, 0.25) is 0 Å². The van der Waals surface area contributed by atoms with Crippen molar-refractivity contribution in [3.63, 3.8) is 0 Å². The number of hydrogen-bond acceptors (Lipinski definition) is 5. The van der Waals surface area contributed by atoms with Gasteiger partial charge in [-0.05, 0) is 63.7 Å². The molecule has 1 saturated carbocycles. The molecule has 39 heavy (non-hydrogen) atoms. The third-order valence-electron chi connectivity index (χ3n) is 7.69. The van der Waals surface area contributed by atoms with E-state index in [0.717, 1.165) is 37.3 Å². The molecule has 9 nitrogen and oxygen atoms in total. The summed E-state index contributed by atoms with van der Waals surface area (Å²) in [5.41, 5.74) is 1.50. The highest BCUT2D eigenvalue weighted by atomic mass is 19.1. The van der Waals surface area contributed by atoms with Crippen LogP contribution in [0.4, 0.5) is 8.78 Å². The van der Waals surface area contributed by atoms with E-state index in [1.165, 1.54) is 19.3 Å². The summed E-state index contributed by atoms with van der Waals surface area (Å²) in [6.07, 6.45) is 8.13. The maximum atomic E-state index is 13.8. The molecule has 1 aromatic carbocycles. The molecule has 2 fully saturated rings. The van der Waals surface area contributed by atoms with Crippen molar-refractivity contribution in [2.75, 3.05) is 33.3 Å². The molecule has 1 saturated heterocycles. The average Bonchev–Trinajstić information content (AvgIpc) is 3.29. The highest BCUT2D eigenvalue weighted by Crippen LogP contribution is 2.33. The van der Waals surface area contributed by atoms with E-state index < -0.39 is 17.5 Å². The summed E-state index contributed by atoms with van der Waals surface area (Å²) in [6.45, 7) is 3.51. The topological polar surface area (TPSA) is 105 Å². The van der Waals surface area contributed by atoms with Crippen LogP contribution < -0.4 is 15.7 Å². The Balaban J connectivity index is 1.45. The van der Waals surface area contributed by atoms with Crippen LogP contribution in [0, 0.1) is 17.6 Å². The molecule has 2 N–H and O–H groups in total. The number of aromatic amines is 1. The zero-order valence-electron chi connectivity index (χ0n) is 22.1. The summed E-state index contributed by atoms with van der Waals surface area (Å²) < 4.78 is 35.4. The third kappa shape index (κ3) is 6.35. The molecule has 0 spiro atoms. The molecule has 1 aliphatic carbocycles. The van der Waals surface area contributed by atoms with Crippen molar-refractivity contribution in [2.24, 2.45) is 10.9 Å². The number of carbonyl (C=O) groups excluding carboxylic acids is 2. The van der Waals surface area contributed by atoms with Crippen molar-refractivity contribution in [2.45, 2.75) is 51.0 Å². The number of halogens is 2. The summed E-state index contributed by atoms with van der Waals surface area (Å²) >= 11 is 0. The molecule has 2 amide bonds. The van der Waals surface area contributed by atoms with Gasteiger partial charge in [-0.15, -0.1) is 0 Å². The number of ether oxygens (including phenoxy) is 1. The number of H-pyrrole nitrogens is 1. The van der Waals surface area contributed by atoms with E-state index in [9.17, 15) is 18.4 Å². The Morgan fingerprint density at radius 1 is 1.08 bits per heavy atom. The molecule has 0 atom stereocenters. The Bertz CT molecular complexity index is 1380. The van der Waals surface area contributed by atoms with E-state index in [4.69, 9.17) is 4.74 Å². The molecule has 2 aromatic heterocycles. The summed E-state index contributed by atoms with van der Waals surface area (Å²) in [5, 5.41) is 2.72. The van der Waals surface area contributed by atoms with Crippen LogP contribution in [0.15, 0.2) is 35.5 Å². The Labute approximate surface area is 225 Å². The minimum atomic E-state index is -0.846. The molecule has 208 valence electrons. The van der Waals surface area contributed by atoms with E-state index >= 15 is 0 Å². The average molecular weight is 541 g/mol. The molecule has 5 rings (SSSR count). The number of fused-ring (bicyclic) bond motifs is 1. The van der Waals surface area contributed by atoms with Crippen LogP contribution in [-0.4, -0.2) is 64.5 Å². The number of piperidine rings is 1. The fourth-order valence-corrected chi connectivity index (χ4v) is 5.65. The van der Waals surface area contributed by atoms with E-state index in [1.807, 2.05) is 10.6 Å². The molecule has 0 radical (unpaired) electrons. The van der Waals surface area contributed by atoms with Crippen LogP contribution >= 0.6 is 0 Å². The number of likely N-dealkylation sites (tertiary alicyclic amines) is 1. The number of benzene rings is 1. The van der Waals surface area contributed by atoms with Crippen LogP contribution in [0.3, 0.4) is 0 Å². The minimum Gasteiger partial charge on any atom is -0.476 e. The number of amides is 2. The van der Waals surface area contributed by atoms with E-state index in [2.05, 4.69) is 25.2 Å². The third-order valence-corrected chi connectivity index (χ3v) is 7.69. The minimum absolute atomic E-state index is 0.0270. The van der Waals surface area contributed by atoms with Gasteiger partial charge in [-0.1, -0.05) is 6.42 Å². The van der Waals surface area contributed by atoms with E-state index in [-0.39, 0.29) is 29.0 Å². The molecular weight excluding hydrogens is 506 g/mol. The summed E-state index contributed by atoms with van der Waals surface area (Å²) in [4.78, 5) is 39.3. The number of nitrogens with zero attached hydrogens (tertiary/aromatic N) is 4. The predicted octanol–water partition coefficient (Wildman–Crippen LogP) is 3.73. The van der Waals surface area contributed by atoms with Gasteiger partial charge in [-0.3, -0.25) is 14.5 Å². The predicted molar refractivity (Wildman–Crippen MR) is 141 cm³/mol. The molecule has 2 aliphatic rings. The maximum Gasteiger partial charge on any atom is 0.280 e. The van der Waals surface area contributed by atoms with Crippen LogP contribution in [0.1, 0.15) is 61.3 Å². The molecule has 11 heteroatoms. The fraction of sp³-hybridized carbons (Fsp3) is 0.500. The van der Waals surface area contributed by atoms with Crippen LogP contribution in [0.5, 0.6) is 5.88 Å². The van der Waals surface area contributed by atoms with Gasteiger partial charge < -0.3 is 19.6 Å². The summed E-state index contributed by atoms with van der Waals surface area (Å²) in [7, 11) is 1.64. The second-order valence-corrected chi connectivity index (χ2v) is 10.3. The smallest absolute Gasteiger partial charge is 0.280 e. The van der Waals surface area contributed by atoms with E-state index in [0.29, 0.717) is 49.8 Å². The highest BCUT2D eigenvalue weighted by Gasteiger charge is 2.28. The van der Waals surface area contributed by atoms with Crippen molar-refractivity contribution in [3.8, 4) is 5.88 Å². The second-order valence-electron chi connectivity index (χ2n) is 10.3. The van der Waals surface area contributed by atoms with Gasteiger partial charge in [0.2, 0.25) is 17.4 Å². The molecular formula is C28H34F2N6O3. The van der Waals surface area contributed by atoms with Crippen LogP contribution in [-0.2, 0) is 4.79 Å². The number of hydrogen-bond donors (Lipinski definition) is 2. The molecule has 0 bridgehead atoms. The van der Waals surface area contributed by atoms with Gasteiger partial charge in [0.15, 0.2) is 0 Å². The highest BCUT2D eigenvalue weighted by molar-refractivity contribution is 5.95. The number of carbonyl (C=O) groups is 2. The largest absolute Gasteiger partial charge is 0.476 e. The fourth-order valence-electron chi connectivity index (χ4n) is 5.65. The molecule has 3 aromatic rings. The first-order chi connectivity index (χ1) is 18.9. The van der Waals surface area contributed by atoms with Gasteiger partial charge in [0.1, 0.15) is 18.2 Å². The maximum absolute atomic E-state index is 13.8. The normalized spacial score (nSPS) is 20.7. The summed E-state index contributed by atoms with van der Waals surface area (Å²) in [6, 6.07) is 4.43. The standard InChI is InChI=1S/C28H34F2N6O3/c1-31-26(37)18-5-7-22(8-6-18)36-24-16-25(39-12-11-35-9-3-2-4-10-35)32-17-23(24)33-28(36)34-27(38)19-13-20(29)15-21(30)14-19/h13-18,22H,2-12H2,1H3,(H,31,37)(H,33,34,38)/t18-,22-. The second kappa shape index (κ2) is 12.1. The lowest BCUT2D eigenvalue weighted by Crippen LogP contribution is -2.33. The van der Waals surface area contributed by atoms with Crippen molar-refractivity contribution >= 4 is 22.8 Å². The van der Waals surface area contributed by atoms with Gasteiger partial charge in [0.25, 0.3) is 5.91 Å². The number of imidazole rings is 1. The molecule has 1 aliphatic heterocycles. The van der Waals surface area contributed by atoms with Gasteiger partial charge in [-0.25, -0.2) is 13.8 Å². The van der Waals surface area contributed by atoms with Crippen molar-refractivity contribution in [1.82, 2.24) is 24.8 Å². The number of nitrogens with one attached hydrogen (secondary N) is 2. The van der Waals surface area contributed by atoms with Crippen molar-refractivity contribution in [1.29, 1.82) is 0 Å².